The molecule has 0 fully saturated rings. The molecule has 0 aliphatic carbocycles. The standard InChI is InChI=1S/C18H17BrN4O3S/c1-12-6-7-15(19)16(10-12)22-27(25,26)14-5-3-4-13(11-14)18(24)20-17-8-9-23(2)21-17/h3-11,22H,1-2H3,(H,20,21,24). The van der Waals surface area contributed by atoms with E-state index in [1.54, 1.807) is 42.2 Å². The highest BCUT2D eigenvalue weighted by Crippen LogP contribution is 2.26. The van der Waals surface area contributed by atoms with Crippen LogP contribution in [0.3, 0.4) is 0 Å². The van der Waals surface area contributed by atoms with Gasteiger partial charge in [0.1, 0.15) is 0 Å². The smallest absolute Gasteiger partial charge is 0.261 e. The molecule has 3 aromatic rings. The van der Waals surface area contributed by atoms with Crippen molar-refractivity contribution in [3.05, 3.63) is 70.3 Å². The first kappa shape index (κ1) is 19.1. The molecule has 3 rings (SSSR count). The maximum atomic E-state index is 12.7. The SMILES string of the molecule is Cc1ccc(Br)c(NS(=O)(=O)c2cccc(C(=O)Nc3ccn(C)n3)c2)c1. The van der Waals surface area contributed by atoms with E-state index in [9.17, 15) is 13.2 Å². The summed E-state index contributed by atoms with van der Waals surface area (Å²) in [6, 6.07) is 12.8. The summed E-state index contributed by atoms with van der Waals surface area (Å²) < 4.78 is 30.2. The van der Waals surface area contributed by atoms with Crippen LogP contribution < -0.4 is 10.0 Å². The summed E-state index contributed by atoms with van der Waals surface area (Å²) in [5.41, 5.74) is 1.56. The van der Waals surface area contributed by atoms with E-state index in [4.69, 9.17) is 0 Å². The Labute approximate surface area is 165 Å². The van der Waals surface area contributed by atoms with E-state index in [-0.39, 0.29) is 10.5 Å². The second-order valence-electron chi connectivity index (χ2n) is 5.95. The Morgan fingerprint density at radius 1 is 1.15 bits per heavy atom. The largest absolute Gasteiger partial charge is 0.305 e. The lowest BCUT2D eigenvalue weighted by molar-refractivity contribution is 0.102. The summed E-state index contributed by atoms with van der Waals surface area (Å²) in [4.78, 5) is 12.4. The van der Waals surface area contributed by atoms with Crippen LogP contribution in [0.5, 0.6) is 0 Å². The van der Waals surface area contributed by atoms with Crippen molar-refractivity contribution in [1.29, 1.82) is 0 Å². The molecule has 0 spiro atoms. The summed E-state index contributed by atoms with van der Waals surface area (Å²) >= 11 is 3.33. The first-order chi connectivity index (χ1) is 12.7. The zero-order valence-electron chi connectivity index (χ0n) is 14.6. The van der Waals surface area contributed by atoms with E-state index < -0.39 is 15.9 Å². The van der Waals surface area contributed by atoms with E-state index in [0.29, 0.717) is 16.0 Å². The number of carbonyl (C=O) groups is 1. The number of sulfonamides is 1. The summed E-state index contributed by atoms with van der Waals surface area (Å²) in [5, 5.41) is 6.70. The molecule has 1 aromatic heterocycles. The molecular weight excluding hydrogens is 432 g/mol. The minimum atomic E-state index is -3.86. The number of anilines is 2. The van der Waals surface area contributed by atoms with Gasteiger partial charge in [-0.3, -0.25) is 14.2 Å². The molecule has 0 saturated heterocycles. The zero-order valence-corrected chi connectivity index (χ0v) is 17.0. The van der Waals surface area contributed by atoms with Crippen LogP contribution in [-0.4, -0.2) is 24.1 Å². The van der Waals surface area contributed by atoms with Crippen LogP contribution in [-0.2, 0) is 17.1 Å². The van der Waals surface area contributed by atoms with Gasteiger partial charge in [-0.05, 0) is 58.7 Å². The molecule has 27 heavy (non-hydrogen) atoms. The number of carbonyl (C=O) groups excluding carboxylic acids is 1. The fourth-order valence-electron chi connectivity index (χ4n) is 2.40. The number of nitrogens with zero attached hydrogens (tertiary/aromatic N) is 2. The first-order valence-corrected chi connectivity index (χ1v) is 10.2. The van der Waals surface area contributed by atoms with Crippen LogP contribution in [0.15, 0.2) is 64.1 Å². The molecule has 0 aliphatic rings. The van der Waals surface area contributed by atoms with E-state index in [1.165, 1.54) is 18.2 Å². The highest BCUT2D eigenvalue weighted by Gasteiger charge is 2.18. The van der Waals surface area contributed by atoms with Gasteiger partial charge < -0.3 is 5.32 Å². The molecule has 7 nitrogen and oxygen atoms in total. The minimum Gasteiger partial charge on any atom is -0.305 e. The number of nitrogens with one attached hydrogen (secondary N) is 2. The van der Waals surface area contributed by atoms with Gasteiger partial charge in [-0.2, -0.15) is 5.10 Å². The van der Waals surface area contributed by atoms with E-state index >= 15 is 0 Å². The average molecular weight is 449 g/mol. The maximum absolute atomic E-state index is 12.7. The highest BCUT2D eigenvalue weighted by molar-refractivity contribution is 9.10. The Morgan fingerprint density at radius 2 is 1.93 bits per heavy atom. The van der Waals surface area contributed by atoms with Crippen molar-refractivity contribution in [2.24, 2.45) is 7.05 Å². The fourth-order valence-corrected chi connectivity index (χ4v) is 3.99. The third-order valence-corrected chi connectivity index (χ3v) is 5.78. The van der Waals surface area contributed by atoms with Crippen LogP contribution in [0.2, 0.25) is 0 Å². The third kappa shape index (κ3) is 4.55. The average Bonchev–Trinajstić information content (AvgIpc) is 3.03. The Balaban J connectivity index is 1.85. The molecule has 1 amide bonds. The van der Waals surface area contributed by atoms with Crippen LogP contribution in [0.25, 0.3) is 0 Å². The van der Waals surface area contributed by atoms with Gasteiger partial charge in [-0.25, -0.2) is 8.42 Å². The van der Waals surface area contributed by atoms with Crippen LogP contribution in [0.4, 0.5) is 11.5 Å². The molecule has 0 aliphatic heterocycles. The van der Waals surface area contributed by atoms with Crippen LogP contribution >= 0.6 is 15.9 Å². The molecule has 0 atom stereocenters. The summed E-state index contributed by atoms with van der Waals surface area (Å²) in [7, 11) is -2.12. The van der Waals surface area contributed by atoms with E-state index in [2.05, 4.69) is 31.1 Å². The Morgan fingerprint density at radius 3 is 2.63 bits per heavy atom. The highest BCUT2D eigenvalue weighted by atomic mass is 79.9. The number of halogens is 1. The van der Waals surface area contributed by atoms with Gasteiger partial charge in [0, 0.05) is 29.3 Å². The van der Waals surface area contributed by atoms with Crippen molar-refractivity contribution in [3.63, 3.8) is 0 Å². The molecule has 2 aromatic carbocycles. The van der Waals surface area contributed by atoms with Crippen molar-refractivity contribution in [3.8, 4) is 0 Å². The molecule has 2 N–H and O–H groups in total. The summed E-state index contributed by atoms with van der Waals surface area (Å²) in [6.07, 6.45) is 1.69. The monoisotopic (exact) mass is 448 g/mol. The lowest BCUT2D eigenvalue weighted by Crippen LogP contribution is -2.16. The van der Waals surface area contributed by atoms with E-state index in [0.717, 1.165) is 5.56 Å². The number of hydrogen-bond donors (Lipinski definition) is 2. The number of hydrogen-bond acceptors (Lipinski definition) is 4. The molecule has 0 saturated carbocycles. The van der Waals surface area contributed by atoms with Gasteiger partial charge in [0.2, 0.25) is 0 Å². The Hall–Kier alpha value is -2.65. The number of benzene rings is 2. The first-order valence-electron chi connectivity index (χ1n) is 7.95. The quantitative estimate of drug-likeness (QED) is 0.623. The van der Waals surface area contributed by atoms with E-state index in [1.807, 2.05) is 13.0 Å². The van der Waals surface area contributed by atoms with Crippen molar-refractivity contribution < 1.29 is 13.2 Å². The molecule has 9 heteroatoms. The molecular formula is C18H17BrN4O3S. The Kier molecular flexibility index (Phi) is 5.33. The van der Waals surface area contributed by atoms with Crippen LogP contribution in [0.1, 0.15) is 15.9 Å². The van der Waals surface area contributed by atoms with Gasteiger partial charge in [0.25, 0.3) is 15.9 Å². The summed E-state index contributed by atoms with van der Waals surface area (Å²) in [5.74, 6) is -0.0555. The number of rotatable bonds is 5. The van der Waals surface area contributed by atoms with Crippen molar-refractivity contribution >= 4 is 43.4 Å². The van der Waals surface area contributed by atoms with Gasteiger partial charge >= 0.3 is 0 Å². The van der Waals surface area contributed by atoms with Gasteiger partial charge in [-0.1, -0.05) is 12.1 Å². The van der Waals surface area contributed by atoms with Crippen LogP contribution in [0, 0.1) is 6.92 Å². The molecule has 0 bridgehead atoms. The fraction of sp³-hybridized carbons (Fsp3) is 0.111. The van der Waals surface area contributed by atoms with Crippen molar-refractivity contribution in [2.45, 2.75) is 11.8 Å². The second-order valence-corrected chi connectivity index (χ2v) is 8.48. The second kappa shape index (κ2) is 7.53. The third-order valence-electron chi connectivity index (χ3n) is 3.73. The lowest BCUT2D eigenvalue weighted by atomic mass is 10.2. The number of amides is 1. The number of aromatic nitrogens is 2. The molecule has 0 unspecified atom stereocenters. The normalized spacial score (nSPS) is 11.2. The topological polar surface area (TPSA) is 93.1 Å². The number of aryl methyl sites for hydroxylation is 2. The van der Waals surface area contributed by atoms with Gasteiger partial charge in [0.05, 0.1) is 10.6 Å². The van der Waals surface area contributed by atoms with Gasteiger partial charge in [0.15, 0.2) is 5.82 Å². The summed E-state index contributed by atoms with van der Waals surface area (Å²) in [6.45, 7) is 1.87. The Bertz CT molecular complexity index is 1110. The van der Waals surface area contributed by atoms with Crippen molar-refractivity contribution in [2.75, 3.05) is 10.0 Å². The molecule has 1 heterocycles. The lowest BCUT2D eigenvalue weighted by Gasteiger charge is -2.11. The maximum Gasteiger partial charge on any atom is 0.261 e. The molecule has 0 radical (unpaired) electrons. The predicted octanol–water partition coefficient (Wildman–Crippen LogP) is 3.54. The van der Waals surface area contributed by atoms with Gasteiger partial charge in [-0.15, -0.1) is 0 Å². The predicted molar refractivity (Wildman–Crippen MR) is 107 cm³/mol. The molecule has 140 valence electrons. The van der Waals surface area contributed by atoms with Crippen molar-refractivity contribution in [1.82, 2.24) is 9.78 Å². The zero-order chi connectivity index (χ0) is 19.6. The minimum absolute atomic E-state index is 0.00965.